The lowest BCUT2D eigenvalue weighted by molar-refractivity contribution is -0.384. The number of nitrogens with one attached hydrogen (secondary N) is 1. The largest absolute Gasteiger partial charge is 0.397 e. The summed E-state index contributed by atoms with van der Waals surface area (Å²) in [5.74, 6) is -3.66. The van der Waals surface area contributed by atoms with Crippen LogP contribution in [0.15, 0.2) is 35.1 Å². The predicted molar refractivity (Wildman–Crippen MR) is 132 cm³/mol. The van der Waals surface area contributed by atoms with E-state index in [4.69, 9.17) is 5.73 Å². The topological polar surface area (TPSA) is 135 Å². The van der Waals surface area contributed by atoms with Crippen molar-refractivity contribution in [2.45, 2.75) is 37.6 Å². The summed E-state index contributed by atoms with van der Waals surface area (Å²) in [6, 6.07) is 3.89. The van der Waals surface area contributed by atoms with Gasteiger partial charge >= 0.3 is 0 Å². The van der Waals surface area contributed by atoms with Crippen molar-refractivity contribution >= 4 is 44.8 Å². The molecule has 2 aliphatic rings. The van der Waals surface area contributed by atoms with Gasteiger partial charge in [-0.25, -0.2) is 8.78 Å². The number of aromatic nitrogens is 1. The van der Waals surface area contributed by atoms with Gasteiger partial charge in [0.2, 0.25) is 0 Å². The fourth-order valence-corrected chi connectivity index (χ4v) is 4.95. The molecule has 0 spiro atoms. The van der Waals surface area contributed by atoms with Crippen molar-refractivity contribution in [3.63, 3.8) is 0 Å². The first-order valence-corrected chi connectivity index (χ1v) is 12.2. The van der Waals surface area contributed by atoms with Gasteiger partial charge < -0.3 is 20.9 Å². The van der Waals surface area contributed by atoms with Crippen LogP contribution in [0.3, 0.4) is 0 Å². The van der Waals surface area contributed by atoms with Gasteiger partial charge in [0.25, 0.3) is 23.4 Å². The molecule has 0 bridgehead atoms. The molecule has 0 radical (unpaired) electrons. The maximum Gasteiger partial charge on any atom is 0.294 e. The second kappa shape index (κ2) is 10.3. The van der Waals surface area contributed by atoms with Crippen LogP contribution in [0.2, 0.25) is 0 Å². The van der Waals surface area contributed by atoms with Crippen LogP contribution in [0, 0.1) is 10.1 Å². The fraction of sp³-hybridized carbons (Fsp3) is 0.435. The molecule has 10 nitrogen and oxygen atoms in total. The van der Waals surface area contributed by atoms with E-state index in [2.05, 4.69) is 26.2 Å². The molecule has 1 atom stereocenters. The number of likely N-dealkylation sites (tertiary alicyclic amines) is 2. The van der Waals surface area contributed by atoms with Crippen LogP contribution in [0.1, 0.15) is 46.4 Å². The SMILES string of the molecule is Nc1cncc(C(=O)N2CCC[C@@H](Nc3c(C(=O)N4CCC(F)(F)CC4)cc(Br)cc3[N+](=O)[O-])C2)c1. The third-order valence-electron chi connectivity index (χ3n) is 6.35. The summed E-state index contributed by atoms with van der Waals surface area (Å²) in [6.07, 6.45) is 3.18. The molecule has 1 aromatic carbocycles. The quantitative estimate of drug-likeness (QED) is 0.413. The molecule has 2 fully saturated rings. The van der Waals surface area contributed by atoms with E-state index in [0.29, 0.717) is 35.1 Å². The Bertz CT molecular complexity index is 1190. The van der Waals surface area contributed by atoms with Gasteiger partial charge in [-0.1, -0.05) is 15.9 Å². The molecule has 192 valence electrons. The number of alkyl halides is 2. The number of nitro benzene ring substituents is 1. The first kappa shape index (κ1) is 25.7. The molecule has 36 heavy (non-hydrogen) atoms. The van der Waals surface area contributed by atoms with Gasteiger partial charge in [0.05, 0.1) is 21.7 Å². The van der Waals surface area contributed by atoms with E-state index in [0.717, 1.165) is 0 Å². The molecule has 0 unspecified atom stereocenters. The maximum absolute atomic E-state index is 13.6. The highest BCUT2D eigenvalue weighted by Crippen LogP contribution is 2.36. The second-order valence-corrected chi connectivity index (χ2v) is 9.91. The van der Waals surface area contributed by atoms with Crippen molar-refractivity contribution in [2.24, 2.45) is 0 Å². The molecule has 4 rings (SSSR count). The van der Waals surface area contributed by atoms with E-state index in [-0.39, 0.29) is 48.5 Å². The Hall–Kier alpha value is -3.35. The molecule has 3 N–H and O–H groups in total. The van der Waals surface area contributed by atoms with Crippen LogP contribution in [0.4, 0.5) is 25.8 Å². The summed E-state index contributed by atoms with van der Waals surface area (Å²) < 4.78 is 27.6. The lowest BCUT2D eigenvalue weighted by Crippen LogP contribution is -2.46. The standard InChI is InChI=1S/C23H25BrF2N6O4/c24-15-9-18(22(34)30-6-3-23(25,26)4-7-30)20(19(10-15)32(35)36)29-17-2-1-5-31(13-17)21(33)14-8-16(27)12-28-11-14/h8-12,17,29H,1-7,13,27H2/t17-/m1/s1. The van der Waals surface area contributed by atoms with E-state index >= 15 is 0 Å². The summed E-state index contributed by atoms with van der Waals surface area (Å²) in [6.45, 7) is 0.434. The number of hydrogen-bond donors (Lipinski definition) is 2. The van der Waals surface area contributed by atoms with Crippen LogP contribution < -0.4 is 11.1 Å². The van der Waals surface area contributed by atoms with Gasteiger partial charge in [0.15, 0.2) is 0 Å². The van der Waals surface area contributed by atoms with E-state index in [9.17, 15) is 28.5 Å². The molecule has 2 amide bonds. The minimum atomic E-state index is -2.84. The number of rotatable bonds is 5. The maximum atomic E-state index is 13.6. The minimum absolute atomic E-state index is 0.00968. The van der Waals surface area contributed by atoms with E-state index in [1.54, 1.807) is 4.90 Å². The lowest BCUT2D eigenvalue weighted by atomic mass is 10.0. The number of nitro groups is 1. The first-order valence-electron chi connectivity index (χ1n) is 11.5. The lowest BCUT2D eigenvalue weighted by Gasteiger charge is -2.35. The van der Waals surface area contributed by atoms with E-state index in [1.807, 2.05) is 0 Å². The van der Waals surface area contributed by atoms with Crippen LogP contribution in [-0.4, -0.2) is 69.7 Å². The number of amides is 2. The number of benzene rings is 1. The van der Waals surface area contributed by atoms with Crippen molar-refractivity contribution in [1.82, 2.24) is 14.8 Å². The number of anilines is 2. The zero-order valence-corrected chi connectivity index (χ0v) is 20.8. The Morgan fingerprint density at radius 2 is 1.86 bits per heavy atom. The molecular weight excluding hydrogens is 542 g/mol. The summed E-state index contributed by atoms with van der Waals surface area (Å²) >= 11 is 3.22. The van der Waals surface area contributed by atoms with Gasteiger partial charge in [-0.15, -0.1) is 0 Å². The molecule has 3 heterocycles. The third-order valence-corrected chi connectivity index (χ3v) is 6.81. The Morgan fingerprint density at radius 3 is 2.53 bits per heavy atom. The Balaban J connectivity index is 1.59. The van der Waals surface area contributed by atoms with Gasteiger partial charge in [-0.3, -0.25) is 24.7 Å². The van der Waals surface area contributed by atoms with E-state index < -0.39 is 29.6 Å². The number of hydrogen-bond acceptors (Lipinski definition) is 7. The normalized spacial score (nSPS) is 19.6. The zero-order valence-electron chi connectivity index (χ0n) is 19.3. The van der Waals surface area contributed by atoms with Crippen LogP contribution in [0.25, 0.3) is 0 Å². The minimum Gasteiger partial charge on any atom is -0.397 e. The number of carbonyl (C=O) groups is 2. The Kier molecular flexibility index (Phi) is 7.38. The average molecular weight is 567 g/mol. The highest BCUT2D eigenvalue weighted by molar-refractivity contribution is 9.10. The molecule has 2 aliphatic heterocycles. The van der Waals surface area contributed by atoms with Crippen molar-refractivity contribution in [2.75, 3.05) is 37.2 Å². The highest BCUT2D eigenvalue weighted by Gasteiger charge is 2.37. The van der Waals surface area contributed by atoms with Crippen molar-refractivity contribution in [1.29, 1.82) is 0 Å². The van der Waals surface area contributed by atoms with Gasteiger partial charge in [0.1, 0.15) is 5.69 Å². The number of nitrogen functional groups attached to an aromatic ring is 1. The van der Waals surface area contributed by atoms with Gasteiger partial charge in [-0.2, -0.15) is 0 Å². The molecule has 0 aliphatic carbocycles. The third kappa shape index (κ3) is 5.72. The van der Waals surface area contributed by atoms with E-state index in [1.165, 1.54) is 35.5 Å². The number of nitrogens with zero attached hydrogens (tertiary/aromatic N) is 4. The molecule has 0 saturated carbocycles. The zero-order chi connectivity index (χ0) is 26.0. The fourth-order valence-electron chi connectivity index (χ4n) is 4.50. The monoisotopic (exact) mass is 566 g/mol. The summed E-state index contributed by atoms with van der Waals surface area (Å²) in [7, 11) is 0. The molecule has 1 aromatic heterocycles. The number of carbonyl (C=O) groups excluding carboxylic acids is 2. The van der Waals surface area contributed by atoms with Crippen LogP contribution >= 0.6 is 15.9 Å². The number of pyridine rings is 1. The molecule has 13 heteroatoms. The second-order valence-electron chi connectivity index (χ2n) is 8.99. The number of piperidine rings is 2. The number of halogens is 3. The Morgan fingerprint density at radius 1 is 1.14 bits per heavy atom. The first-order chi connectivity index (χ1) is 17.0. The number of nitrogens with two attached hydrogens (primary N) is 1. The summed E-state index contributed by atoms with van der Waals surface area (Å²) in [5, 5.41) is 15.0. The molecule has 2 saturated heterocycles. The average Bonchev–Trinajstić information content (AvgIpc) is 2.84. The van der Waals surface area contributed by atoms with Gasteiger partial charge in [0, 0.05) is 68.0 Å². The smallest absolute Gasteiger partial charge is 0.294 e. The molecular formula is C23H25BrF2N6O4. The Labute approximate surface area is 214 Å². The van der Waals surface area contributed by atoms with Crippen molar-refractivity contribution in [3.05, 3.63) is 56.3 Å². The van der Waals surface area contributed by atoms with Crippen molar-refractivity contribution < 1.29 is 23.3 Å². The van der Waals surface area contributed by atoms with Crippen LogP contribution in [0.5, 0.6) is 0 Å². The molecule has 2 aromatic rings. The summed E-state index contributed by atoms with van der Waals surface area (Å²) in [4.78, 5) is 44.4. The highest BCUT2D eigenvalue weighted by atomic mass is 79.9. The predicted octanol–water partition coefficient (Wildman–Crippen LogP) is 3.92. The summed E-state index contributed by atoms with van der Waals surface area (Å²) in [5.41, 5.74) is 6.14. The van der Waals surface area contributed by atoms with Crippen LogP contribution in [-0.2, 0) is 0 Å². The van der Waals surface area contributed by atoms with Crippen molar-refractivity contribution in [3.8, 4) is 0 Å². The van der Waals surface area contributed by atoms with Gasteiger partial charge in [-0.05, 0) is 25.0 Å².